The van der Waals surface area contributed by atoms with Crippen LogP contribution in [0.3, 0.4) is 0 Å². The summed E-state index contributed by atoms with van der Waals surface area (Å²) in [5, 5.41) is 18.6. The summed E-state index contributed by atoms with van der Waals surface area (Å²) < 4.78 is 0. The molecular formula is C10H12O2. The number of para-hydroxylation sites is 1. The van der Waals surface area contributed by atoms with Gasteiger partial charge in [-0.1, -0.05) is 18.2 Å². The van der Waals surface area contributed by atoms with Gasteiger partial charge in [-0.2, -0.15) is 0 Å². The molecule has 2 nitrogen and oxygen atoms in total. The maximum absolute atomic E-state index is 9.41. The lowest BCUT2D eigenvalue weighted by Gasteiger charge is -2.04. The third kappa shape index (κ3) is 1.42. The summed E-state index contributed by atoms with van der Waals surface area (Å²) in [4.78, 5) is 0. The third-order valence-electron chi connectivity index (χ3n) is 1.87. The van der Waals surface area contributed by atoms with Gasteiger partial charge in [0.05, 0.1) is 0 Å². The van der Waals surface area contributed by atoms with E-state index in [9.17, 15) is 5.11 Å². The van der Waals surface area contributed by atoms with Gasteiger partial charge in [0.15, 0.2) is 11.5 Å². The SMILES string of the molecule is CC=C(C)c1cccc(O)c1O. The number of aromatic hydroxyl groups is 2. The molecule has 0 aromatic heterocycles. The van der Waals surface area contributed by atoms with E-state index in [0.29, 0.717) is 5.56 Å². The highest BCUT2D eigenvalue weighted by atomic mass is 16.3. The number of rotatable bonds is 1. The van der Waals surface area contributed by atoms with Gasteiger partial charge in [-0.3, -0.25) is 0 Å². The van der Waals surface area contributed by atoms with E-state index in [1.165, 1.54) is 6.07 Å². The first-order valence-electron chi connectivity index (χ1n) is 3.81. The molecule has 2 N–H and O–H groups in total. The van der Waals surface area contributed by atoms with E-state index in [1.807, 2.05) is 19.9 Å². The molecule has 0 atom stereocenters. The fraction of sp³-hybridized carbons (Fsp3) is 0.200. The van der Waals surface area contributed by atoms with Crippen LogP contribution in [0.1, 0.15) is 19.4 Å². The number of hydrogen-bond acceptors (Lipinski definition) is 2. The molecule has 0 spiro atoms. The zero-order valence-corrected chi connectivity index (χ0v) is 7.20. The first-order chi connectivity index (χ1) is 5.66. The van der Waals surface area contributed by atoms with Gasteiger partial charge in [0.2, 0.25) is 0 Å². The lowest BCUT2D eigenvalue weighted by molar-refractivity contribution is 0.402. The molecule has 0 radical (unpaired) electrons. The molecule has 0 aliphatic rings. The normalized spacial score (nSPS) is 11.7. The molecule has 0 heterocycles. The Bertz CT molecular complexity index is 314. The second-order valence-electron chi connectivity index (χ2n) is 2.64. The van der Waals surface area contributed by atoms with Gasteiger partial charge in [0.25, 0.3) is 0 Å². The predicted octanol–water partition coefficient (Wildman–Crippen LogP) is 2.52. The van der Waals surface area contributed by atoms with E-state index in [2.05, 4.69) is 0 Å². The first-order valence-corrected chi connectivity index (χ1v) is 3.81. The van der Waals surface area contributed by atoms with Crippen molar-refractivity contribution in [3.05, 3.63) is 29.8 Å². The number of phenolic OH excluding ortho intramolecular Hbond substituents is 2. The van der Waals surface area contributed by atoms with Crippen LogP contribution in [0.4, 0.5) is 0 Å². The van der Waals surface area contributed by atoms with E-state index >= 15 is 0 Å². The summed E-state index contributed by atoms with van der Waals surface area (Å²) >= 11 is 0. The molecule has 0 saturated carbocycles. The zero-order valence-electron chi connectivity index (χ0n) is 7.20. The van der Waals surface area contributed by atoms with Gasteiger partial charge in [-0.25, -0.2) is 0 Å². The summed E-state index contributed by atoms with van der Waals surface area (Å²) in [7, 11) is 0. The second-order valence-corrected chi connectivity index (χ2v) is 2.64. The molecule has 0 aliphatic heterocycles. The number of benzene rings is 1. The highest BCUT2D eigenvalue weighted by Crippen LogP contribution is 2.32. The molecule has 0 amide bonds. The Balaban J connectivity index is 3.26. The van der Waals surface area contributed by atoms with Crippen molar-refractivity contribution in [3.63, 3.8) is 0 Å². The molecule has 0 aliphatic carbocycles. The van der Waals surface area contributed by atoms with Gasteiger partial charge >= 0.3 is 0 Å². The molecule has 64 valence electrons. The Morgan fingerprint density at radius 3 is 2.58 bits per heavy atom. The molecule has 1 aromatic carbocycles. The lowest BCUT2D eigenvalue weighted by atomic mass is 10.1. The standard InChI is InChI=1S/C10H12O2/c1-3-7(2)8-5-4-6-9(11)10(8)12/h3-6,11-12H,1-2H3. The van der Waals surface area contributed by atoms with Crippen LogP contribution < -0.4 is 0 Å². The fourth-order valence-electron chi connectivity index (χ4n) is 1.01. The molecule has 0 unspecified atom stereocenters. The van der Waals surface area contributed by atoms with Crippen LogP contribution in [-0.4, -0.2) is 10.2 Å². The van der Waals surface area contributed by atoms with Crippen molar-refractivity contribution in [2.24, 2.45) is 0 Å². The number of hydrogen-bond donors (Lipinski definition) is 2. The summed E-state index contributed by atoms with van der Waals surface area (Å²) in [5.74, 6) is -0.123. The van der Waals surface area contributed by atoms with Crippen molar-refractivity contribution in [3.8, 4) is 11.5 Å². The van der Waals surface area contributed by atoms with Gasteiger partial charge in [-0.15, -0.1) is 0 Å². The minimum Gasteiger partial charge on any atom is -0.504 e. The van der Waals surface area contributed by atoms with Crippen LogP contribution in [-0.2, 0) is 0 Å². The highest BCUT2D eigenvalue weighted by Gasteiger charge is 2.05. The minimum absolute atomic E-state index is 0.0481. The van der Waals surface area contributed by atoms with Gasteiger partial charge in [0, 0.05) is 5.56 Å². The predicted molar refractivity (Wildman–Crippen MR) is 49.1 cm³/mol. The van der Waals surface area contributed by atoms with Crippen molar-refractivity contribution in [2.75, 3.05) is 0 Å². The largest absolute Gasteiger partial charge is 0.504 e. The van der Waals surface area contributed by atoms with Crippen LogP contribution >= 0.6 is 0 Å². The smallest absolute Gasteiger partial charge is 0.165 e. The average molecular weight is 164 g/mol. The summed E-state index contributed by atoms with van der Waals surface area (Å²) in [6, 6.07) is 4.93. The van der Waals surface area contributed by atoms with E-state index in [4.69, 9.17) is 5.11 Å². The van der Waals surface area contributed by atoms with E-state index in [0.717, 1.165) is 5.57 Å². The Kier molecular flexibility index (Phi) is 2.38. The van der Waals surface area contributed by atoms with Gasteiger partial charge < -0.3 is 10.2 Å². The summed E-state index contributed by atoms with van der Waals surface area (Å²) in [6.45, 7) is 3.77. The van der Waals surface area contributed by atoms with E-state index in [-0.39, 0.29) is 11.5 Å². The van der Waals surface area contributed by atoms with Crippen molar-refractivity contribution in [1.29, 1.82) is 0 Å². The van der Waals surface area contributed by atoms with Crippen molar-refractivity contribution in [1.82, 2.24) is 0 Å². The van der Waals surface area contributed by atoms with Crippen molar-refractivity contribution < 1.29 is 10.2 Å². The Morgan fingerprint density at radius 2 is 2.00 bits per heavy atom. The topological polar surface area (TPSA) is 40.5 Å². The van der Waals surface area contributed by atoms with Crippen LogP contribution in [0.5, 0.6) is 11.5 Å². The van der Waals surface area contributed by atoms with Crippen LogP contribution in [0.25, 0.3) is 5.57 Å². The minimum atomic E-state index is -0.0753. The molecule has 1 aromatic rings. The molecule has 0 saturated heterocycles. The summed E-state index contributed by atoms with van der Waals surface area (Å²) in [5.41, 5.74) is 1.63. The third-order valence-corrected chi connectivity index (χ3v) is 1.87. The molecular weight excluding hydrogens is 152 g/mol. The molecule has 2 heteroatoms. The average Bonchev–Trinajstić information content (AvgIpc) is 2.08. The fourth-order valence-corrected chi connectivity index (χ4v) is 1.01. The quantitative estimate of drug-likeness (QED) is 0.626. The number of allylic oxidation sites excluding steroid dienone is 2. The monoisotopic (exact) mass is 164 g/mol. The Labute approximate surface area is 71.8 Å². The van der Waals surface area contributed by atoms with E-state index in [1.54, 1.807) is 12.1 Å². The van der Waals surface area contributed by atoms with Gasteiger partial charge in [-0.05, 0) is 25.5 Å². The molecule has 0 bridgehead atoms. The van der Waals surface area contributed by atoms with Crippen molar-refractivity contribution >= 4 is 5.57 Å². The van der Waals surface area contributed by atoms with Crippen molar-refractivity contribution in [2.45, 2.75) is 13.8 Å². The number of phenols is 2. The Hall–Kier alpha value is -1.44. The Morgan fingerprint density at radius 1 is 1.33 bits per heavy atom. The van der Waals surface area contributed by atoms with E-state index < -0.39 is 0 Å². The second kappa shape index (κ2) is 3.30. The molecule has 12 heavy (non-hydrogen) atoms. The highest BCUT2D eigenvalue weighted by molar-refractivity contribution is 5.70. The molecule has 1 rings (SSSR count). The summed E-state index contributed by atoms with van der Waals surface area (Å²) in [6.07, 6.45) is 1.88. The maximum Gasteiger partial charge on any atom is 0.165 e. The zero-order chi connectivity index (χ0) is 9.14. The first kappa shape index (κ1) is 8.65. The van der Waals surface area contributed by atoms with Crippen LogP contribution in [0.15, 0.2) is 24.3 Å². The maximum atomic E-state index is 9.41. The van der Waals surface area contributed by atoms with Crippen LogP contribution in [0, 0.1) is 0 Å². The van der Waals surface area contributed by atoms with Gasteiger partial charge in [0.1, 0.15) is 0 Å². The molecule has 0 fully saturated rings. The lowest BCUT2D eigenvalue weighted by Crippen LogP contribution is -1.80. The van der Waals surface area contributed by atoms with Crippen LogP contribution in [0.2, 0.25) is 0 Å².